The van der Waals surface area contributed by atoms with Crippen molar-refractivity contribution in [3.05, 3.63) is 95.1 Å². The van der Waals surface area contributed by atoms with Gasteiger partial charge in [0, 0.05) is 12.5 Å². The lowest BCUT2D eigenvalue weighted by Gasteiger charge is -2.08. The van der Waals surface area contributed by atoms with Crippen molar-refractivity contribution in [2.75, 3.05) is 6.61 Å². The highest BCUT2D eigenvalue weighted by Gasteiger charge is 2.12. The molecule has 0 saturated carbocycles. The SMILES string of the molecule is CC(=O)Oc1ccc(C(=O)COC(=O)c2ccc(COc3ccc(C)cc3)cc2)cc1. The topological polar surface area (TPSA) is 78.9 Å². The van der Waals surface area contributed by atoms with Crippen LogP contribution in [0.2, 0.25) is 0 Å². The molecule has 0 radical (unpaired) electrons. The molecule has 0 aliphatic rings. The van der Waals surface area contributed by atoms with Crippen LogP contribution in [0.25, 0.3) is 0 Å². The zero-order chi connectivity index (χ0) is 22.2. The summed E-state index contributed by atoms with van der Waals surface area (Å²) in [6.07, 6.45) is 0. The zero-order valence-electron chi connectivity index (χ0n) is 17.3. The fraction of sp³-hybridized carbons (Fsp3) is 0.160. The maximum atomic E-state index is 12.2. The summed E-state index contributed by atoms with van der Waals surface area (Å²) in [6.45, 7) is 3.29. The molecule has 0 aliphatic heterocycles. The van der Waals surface area contributed by atoms with E-state index in [2.05, 4.69) is 0 Å². The van der Waals surface area contributed by atoms with Crippen LogP contribution in [0, 0.1) is 6.92 Å². The number of ether oxygens (including phenoxy) is 3. The Morgan fingerprint density at radius 1 is 0.742 bits per heavy atom. The maximum absolute atomic E-state index is 12.2. The Morgan fingerprint density at radius 3 is 1.94 bits per heavy atom. The fourth-order valence-corrected chi connectivity index (χ4v) is 2.71. The Balaban J connectivity index is 1.49. The molecule has 0 fully saturated rings. The van der Waals surface area contributed by atoms with Gasteiger partial charge in [0.2, 0.25) is 0 Å². The molecule has 0 spiro atoms. The third-order valence-corrected chi connectivity index (χ3v) is 4.39. The third-order valence-electron chi connectivity index (χ3n) is 4.39. The second-order valence-electron chi connectivity index (χ2n) is 6.92. The van der Waals surface area contributed by atoms with Crippen molar-refractivity contribution in [1.82, 2.24) is 0 Å². The standard InChI is InChI=1S/C25H22O6/c1-17-3-11-22(12-4-17)29-15-19-5-7-21(8-6-19)25(28)30-16-24(27)20-9-13-23(14-10-20)31-18(2)26/h3-14H,15-16H2,1-2H3. The Morgan fingerprint density at radius 2 is 1.32 bits per heavy atom. The van der Waals surface area contributed by atoms with E-state index in [0.717, 1.165) is 16.9 Å². The van der Waals surface area contributed by atoms with Gasteiger partial charge in [0.15, 0.2) is 12.4 Å². The molecular formula is C25H22O6. The van der Waals surface area contributed by atoms with Crippen LogP contribution < -0.4 is 9.47 Å². The Kier molecular flexibility index (Phi) is 7.17. The predicted molar refractivity (Wildman–Crippen MR) is 114 cm³/mol. The summed E-state index contributed by atoms with van der Waals surface area (Å²) in [7, 11) is 0. The first kappa shape index (κ1) is 21.8. The van der Waals surface area contributed by atoms with Crippen LogP contribution in [0.1, 0.15) is 38.8 Å². The summed E-state index contributed by atoms with van der Waals surface area (Å²) < 4.78 is 15.7. The van der Waals surface area contributed by atoms with Gasteiger partial charge in [0.05, 0.1) is 5.56 Å². The number of benzene rings is 3. The average molecular weight is 418 g/mol. The Labute approximate surface area is 180 Å². The molecule has 0 N–H and O–H groups in total. The molecule has 0 saturated heterocycles. The summed E-state index contributed by atoms with van der Waals surface area (Å²) in [5.41, 5.74) is 2.76. The molecule has 6 heteroatoms. The number of esters is 2. The number of hydrogen-bond acceptors (Lipinski definition) is 6. The Bertz CT molecular complexity index is 1050. The van der Waals surface area contributed by atoms with E-state index in [1.165, 1.54) is 31.2 Å². The van der Waals surface area contributed by atoms with Crippen LogP contribution in [0.5, 0.6) is 11.5 Å². The lowest BCUT2D eigenvalue weighted by atomic mass is 10.1. The number of aryl methyl sites for hydroxylation is 1. The van der Waals surface area contributed by atoms with Gasteiger partial charge in [-0.15, -0.1) is 0 Å². The highest BCUT2D eigenvalue weighted by Crippen LogP contribution is 2.15. The van der Waals surface area contributed by atoms with Crippen molar-refractivity contribution < 1.29 is 28.6 Å². The van der Waals surface area contributed by atoms with Crippen molar-refractivity contribution in [3.63, 3.8) is 0 Å². The average Bonchev–Trinajstić information content (AvgIpc) is 2.77. The van der Waals surface area contributed by atoms with Gasteiger partial charge in [-0.1, -0.05) is 29.8 Å². The third kappa shape index (κ3) is 6.54. The van der Waals surface area contributed by atoms with Gasteiger partial charge in [-0.3, -0.25) is 9.59 Å². The summed E-state index contributed by atoms with van der Waals surface area (Å²) in [6, 6.07) is 20.6. The van der Waals surface area contributed by atoms with Crippen molar-refractivity contribution in [3.8, 4) is 11.5 Å². The molecule has 0 aliphatic carbocycles. The van der Waals surface area contributed by atoms with Gasteiger partial charge in [0.25, 0.3) is 0 Å². The number of rotatable bonds is 8. The van der Waals surface area contributed by atoms with E-state index < -0.39 is 11.9 Å². The first-order chi connectivity index (χ1) is 14.9. The zero-order valence-corrected chi connectivity index (χ0v) is 17.3. The minimum Gasteiger partial charge on any atom is -0.489 e. The number of carbonyl (C=O) groups is 3. The fourth-order valence-electron chi connectivity index (χ4n) is 2.71. The van der Waals surface area contributed by atoms with Crippen molar-refractivity contribution in [2.24, 2.45) is 0 Å². The molecular weight excluding hydrogens is 396 g/mol. The number of hydrogen-bond donors (Lipinski definition) is 0. The largest absolute Gasteiger partial charge is 0.489 e. The van der Waals surface area contributed by atoms with Gasteiger partial charge in [-0.2, -0.15) is 0 Å². The number of ketones is 1. The quantitative estimate of drug-likeness (QED) is 0.304. The molecule has 0 heterocycles. The van der Waals surface area contributed by atoms with Gasteiger partial charge >= 0.3 is 11.9 Å². The summed E-state index contributed by atoms with van der Waals surface area (Å²) in [5.74, 6) is -0.275. The van der Waals surface area contributed by atoms with E-state index >= 15 is 0 Å². The second-order valence-corrected chi connectivity index (χ2v) is 6.92. The van der Waals surface area contributed by atoms with E-state index in [9.17, 15) is 14.4 Å². The number of carbonyl (C=O) groups excluding carboxylic acids is 3. The normalized spacial score (nSPS) is 10.3. The van der Waals surface area contributed by atoms with Gasteiger partial charge < -0.3 is 14.2 Å². The lowest BCUT2D eigenvalue weighted by Crippen LogP contribution is -2.14. The van der Waals surface area contributed by atoms with Gasteiger partial charge in [-0.25, -0.2) is 4.79 Å². The van der Waals surface area contributed by atoms with Crippen LogP contribution in [0.3, 0.4) is 0 Å². The van der Waals surface area contributed by atoms with Crippen LogP contribution >= 0.6 is 0 Å². The van der Waals surface area contributed by atoms with Crippen molar-refractivity contribution >= 4 is 17.7 Å². The molecule has 0 aromatic heterocycles. The van der Waals surface area contributed by atoms with Crippen molar-refractivity contribution in [2.45, 2.75) is 20.5 Å². The smallest absolute Gasteiger partial charge is 0.338 e. The summed E-state index contributed by atoms with van der Waals surface area (Å²) in [5, 5.41) is 0. The summed E-state index contributed by atoms with van der Waals surface area (Å²) >= 11 is 0. The summed E-state index contributed by atoms with van der Waals surface area (Å²) in [4.78, 5) is 35.3. The minimum atomic E-state index is -0.587. The monoisotopic (exact) mass is 418 g/mol. The first-order valence-corrected chi connectivity index (χ1v) is 9.68. The minimum absolute atomic E-state index is 0.340. The second kappa shape index (κ2) is 10.2. The van der Waals surface area contributed by atoms with E-state index in [-0.39, 0.29) is 12.4 Å². The molecule has 158 valence electrons. The van der Waals surface area contributed by atoms with E-state index in [1.54, 1.807) is 24.3 Å². The molecule has 31 heavy (non-hydrogen) atoms. The predicted octanol–water partition coefficient (Wildman–Crippen LogP) is 4.54. The Hall–Kier alpha value is -3.93. The van der Waals surface area contributed by atoms with E-state index in [4.69, 9.17) is 14.2 Å². The highest BCUT2D eigenvalue weighted by atomic mass is 16.5. The van der Waals surface area contributed by atoms with Gasteiger partial charge in [0.1, 0.15) is 18.1 Å². The van der Waals surface area contributed by atoms with Crippen LogP contribution in [0.15, 0.2) is 72.8 Å². The molecule has 0 unspecified atom stereocenters. The molecule has 3 aromatic carbocycles. The van der Waals surface area contributed by atoms with E-state index in [1.807, 2.05) is 31.2 Å². The maximum Gasteiger partial charge on any atom is 0.338 e. The van der Waals surface area contributed by atoms with Crippen LogP contribution in [0.4, 0.5) is 0 Å². The molecule has 0 bridgehead atoms. The lowest BCUT2D eigenvalue weighted by molar-refractivity contribution is -0.131. The first-order valence-electron chi connectivity index (χ1n) is 9.68. The van der Waals surface area contributed by atoms with Gasteiger partial charge in [-0.05, 0) is 61.0 Å². The van der Waals surface area contributed by atoms with Crippen molar-refractivity contribution in [1.29, 1.82) is 0 Å². The molecule has 3 rings (SSSR count). The molecule has 0 amide bonds. The molecule has 6 nitrogen and oxygen atoms in total. The van der Waals surface area contributed by atoms with E-state index in [0.29, 0.717) is 23.5 Å². The van der Waals surface area contributed by atoms with Crippen LogP contribution in [-0.2, 0) is 16.1 Å². The highest BCUT2D eigenvalue weighted by molar-refractivity contribution is 5.99. The number of Topliss-reactive ketones (excluding diaryl/α,β-unsaturated/α-hetero) is 1. The van der Waals surface area contributed by atoms with Crippen LogP contribution in [-0.4, -0.2) is 24.3 Å². The molecule has 3 aromatic rings. The molecule has 0 atom stereocenters.